The Morgan fingerprint density at radius 3 is 2.43 bits per heavy atom. The van der Waals surface area contributed by atoms with Gasteiger partial charge in [-0.15, -0.1) is 0 Å². The Bertz CT molecular complexity index is 350. The molecule has 0 aliphatic heterocycles. The monoisotopic (exact) mass is 236 g/mol. The minimum absolute atomic E-state index is 0.0364. The van der Waals surface area contributed by atoms with Crippen molar-refractivity contribution in [2.75, 3.05) is 0 Å². The molecule has 1 unspecified atom stereocenters. The van der Waals surface area contributed by atoms with E-state index in [1.807, 2.05) is 0 Å². The molecule has 1 rings (SSSR count). The van der Waals surface area contributed by atoms with E-state index in [0.29, 0.717) is 12.0 Å². The summed E-state index contributed by atoms with van der Waals surface area (Å²) in [5.41, 5.74) is -0.758. The molecule has 14 heavy (non-hydrogen) atoms. The summed E-state index contributed by atoms with van der Waals surface area (Å²) in [7, 11) is 0. The Balaban J connectivity index is 3.29. The second-order valence-electron chi connectivity index (χ2n) is 3.37. The zero-order valence-corrected chi connectivity index (χ0v) is 9.45. The summed E-state index contributed by atoms with van der Waals surface area (Å²) in [5.74, 6) is -0.570. The molecule has 0 spiro atoms. The SMILES string of the molecule is CCC(C)(O)c1cc(F)c(Cl)cc1Cl. The molecule has 1 aromatic rings. The van der Waals surface area contributed by atoms with Crippen molar-refractivity contribution >= 4 is 23.2 Å². The summed E-state index contributed by atoms with van der Waals surface area (Å²) in [6.07, 6.45) is 0.452. The molecular weight excluding hydrogens is 226 g/mol. The van der Waals surface area contributed by atoms with Crippen LogP contribution in [0.2, 0.25) is 10.0 Å². The molecule has 0 saturated heterocycles. The quantitative estimate of drug-likeness (QED) is 0.776. The lowest BCUT2D eigenvalue weighted by Gasteiger charge is -2.23. The normalized spacial score (nSPS) is 15.3. The van der Waals surface area contributed by atoms with Crippen LogP contribution in [0.15, 0.2) is 12.1 Å². The highest BCUT2D eigenvalue weighted by Crippen LogP contribution is 2.33. The molecule has 0 aliphatic carbocycles. The van der Waals surface area contributed by atoms with Crippen molar-refractivity contribution in [1.82, 2.24) is 0 Å². The van der Waals surface area contributed by atoms with Gasteiger partial charge in [0.05, 0.1) is 10.6 Å². The van der Waals surface area contributed by atoms with Crippen LogP contribution in [0, 0.1) is 5.82 Å². The molecule has 0 aliphatic rings. The van der Waals surface area contributed by atoms with Crippen molar-refractivity contribution in [2.45, 2.75) is 25.9 Å². The highest BCUT2D eigenvalue weighted by Gasteiger charge is 2.24. The van der Waals surface area contributed by atoms with Gasteiger partial charge in [-0.25, -0.2) is 4.39 Å². The Morgan fingerprint density at radius 1 is 1.36 bits per heavy atom. The van der Waals surface area contributed by atoms with E-state index < -0.39 is 11.4 Å². The van der Waals surface area contributed by atoms with Gasteiger partial charge in [0.2, 0.25) is 0 Å². The Morgan fingerprint density at radius 2 is 1.93 bits per heavy atom. The average Bonchev–Trinajstić information content (AvgIpc) is 2.11. The van der Waals surface area contributed by atoms with Gasteiger partial charge >= 0.3 is 0 Å². The third-order valence-corrected chi connectivity index (χ3v) is 2.88. The topological polar surface area (TPSA) is 20.2 Å². The molecule has 0 saturated carbocycles. The molecule has 0 fully saturated rings. The molecule has 1 N–H and O–H groups in total. The van der Waals surface area contributed by atoms with Crippen LogP contribution >= 0.6 is 23.2 Å². The molecule has 0 radical (unpaired) electrons. The van der Waals surface area contributed by atoms with Crippen LogP contribution in [-0.4, -0.2) is 5.11 Å². The van der Waals surface area contributed by atoms with Crippen LogP contribution in [0.4, 0.5) is 4.39 Å². The Labute approximate surface area is 92.5 Å². The van der Waals surface area contributed by atoms with E-state index in [9.17, 15) is 9.50 Å². The smallest absolute Gasteiger partial charge is 0.142 e. The van der Waals surface area contributed by atoms with Crippen LogP contribution in [0.25, 0.3) is 0 Å². The summed E-state index contributed by atoms with van der Waals surface area (Å²) in [4.78, 5) is 0. The lowest BCUT2D eigenvalue weighted by atomic mass is 9.93. The zero-order valence-electron chi connectivity index (χ0n) is 7.94. The van der Waals surface area contributed by atoms with Gasteiger partial charge in [0.1, 0.15) is 5.82 Å². The summed E-state index contributed by atoms with van der Waals surface area (Å²) in [6, 6.07) is 2.48. The number of hydrogen-bond acceptors (Lipinski definition) is 1. The number of rotatable bonds is 2. The van der Waals surface area contributed by atoms with Crippen LogP contribution in [-0.2, 0) is 5.60 Å². The maximum absolute atomic E-state index is 13.1. The standard InChI is InChI=1S/C10H11Cl2FO/c1-3-10(2,14)6-4-9(13)8(12)5-7(6)11/h4-5,14H,3H2,1-2H3. The van der Waals surface area contributed by atoms with E-state index in [0.717, 1.165) is 0 Å². The fourth-order valence-corrected chi connectivity index (χ4v) is 1.71. The van der Waals surface area contributed by atoms with Crippen molar-refractivity contribution in [2.24, 2.45) is 0 Å². The maximum Gasteiger partial charge on any atom is 0.142 e. The molecule has 4 heteroatoms. The van der Waals surface area contributed by atoms with Gasteiger partial charge in [0.15, 0.2) is 0 Å². The van der Waals surface area contributed by atoms with Crippen molar-refractivity contribution in [3.05, 3.63) is 33.6 Å². The number of aliphatic hydroxyl groups is 1. The van der Waals surface area contributed by atoms with Crippen molar-refractivity contribution in [3.63, 3.8) is 0 Å². The van der Waals surface area contributed by atoms with Gasteiger partial charge in [-0.1, -0.05) is 30.1 Å². The predicted octanol–water partition coefficient (Wildman–Crippen LogP) is 3.75. The number of halogens is 3. The summed E-state index contributed by atoms with van der Waals surface area (Å²) in [6.45, 7) is 3.38. The minimum atomic E-state index is -1.12. The molecule has 0 amide bonds. The van der Waals surface area contributed by atoms with Crippen molar-refractivity contribution < 1.29 is 9.50 Å². The molecule has 1 aromatic carbocycles. The Kier molecular flexibility index (Phi) is 3.40. The largest absolute Gasteiger partial charge is 0.385 e. The lowest BCUT2D eigenvalue weighted by Crippen LogP contribution is -2.20. The molecule has 0 heterocycles. The van der Waals surface area contributed by atoms with E-state index in [1.54, 1.807) is 13.8 Å². The highest BCUT2D eigenvalue weighted by atomic mass is 35.5. The van der Waals surface area contributed by atoms with E-state index in [-0.39, 0.29) is 10.0 Å². The first-order valence-corrected chi connectivity index (χ1v) is 5.01. The fraction of sp³-hybridized carbons (Fsp3) is 0.400. The second-order valence-corrected chi connectivity index (χ2v) is 4.19. The van der Waals surface area contributed by atoms with Gasteiger partial charge in [0.25, 0.3) is 0 Å². The third-order valence-electron chi connectivity index (χ3n) is 2.28. The lowest BCUT2D eigenvalue weighted by molar-refractivity contribution is 0.0529. The first-order valence-electron chi connectivity index (χ1n) is 4.26. The zero-order chi connectivity index (χ0) is 10.9. The minimum Gasteiger partial charge on any atom is -0.385 e. The van der Waals surface area contributed by atoms with E-state index >= 15 is 0 Å². The van der Waals surface area contributed by atoms with E-state index in [4.69, 9.17) is 23.2 Å². The Hall–Kier alpha value is -0.310. The van der Waals surface area contributed by atoms with Gasteiger partial charge < -0.3 is 5.11 Å². The molecule has 0 bridgehead atoms. The predicted molar refractivity (Wildman–Crippen MR) is 56.3 cm³/mol. The highest BCUT2D eigenvalue weighted by molar-refractivity contribution is 6.35. The average molecular weight is 237 g/mol. The molecule has 78 valence electrons. The van der Waals surface area contributed by atoms with Crippen LogP contribution in [0.3, 0.4) is 0 Å². The first kappa shape index (κ1) is 11.8. The summed E-state index contributed by atoms with van der Waals surface area (Å²) in [5, 5.41) is 10.1. The van der Waals surface area contributed by atoms with Crippen LogP contribution in [0.5, 0.6) is 0 Å². The van der Waals surface area contributed by atoms with Crippen LogP contribution < -0.4 is 0 Å². The van der Waals surface area contributed by atoms with Gasteiger partial charge in [0, 0.05) is 10.6 Å². The fourth-order valence-electron chi connectivity index (χ4n) is 1.13. The van der Waals surface area contributed by atoms with E-state index in [1.165, 1.54) is 12.1 Å². The second kappa shape index (κ2) is 4.05. The number of benzene rings is 1. The number of hydrogen-bond donors (Lipinski definition) is 1. The molecular formula is C10H11Cl2FO. The van der Waals surface area contributed by atoms with Crippen molar-refractivity contribution in [3.8, 4) is 0 Å². The first-order chi connectivity index (χ1) is 6.38. The summed E-state index contributed by atoms with van der Waals surface area (Å²) < 4.78 is 13.1. The maximum atomic E-state index is 13.1. The van der Waals surface area contributed by atoms with Crippen LogP contribution in [0.1, 0.15) is 25.8 Å². The van der Waals surface area contributed by atoms with Gasteiger partial charge in [-0.3, -0.25) is 0 Å². The third kappa shape index (κ3) is 2.19. The molecule has 1 atom stereocenters. The summed E-state index contributed by atoms with van der Waals surface area (Å²) >= 11 is 11.4. The molecule has 0 aromatic heterocycles. The van der Waals surface area contributed by atoms with Gasteiger partial charge in [-0.05, 0) is 25.5 Å². The van der Waals surface area contributed by atoms with Gasteiger partial charge in [-0.2, -0.15) is 0 Å². The molecule has 1 nitrogen and oxygen atoms in total. The van der Waals surface area contributed by atoms with E-state index in [2.05, 4.69) is 0 Å². The van der Waals surface area contributed by atoms with Crippen molar-refractivity contribution in [1.29, 1.82) is 0 Å².